The monoisotopic (exact) mass is 280 g/mol. The number of sulfonamides is 1. The van der Waals surface area contributed by atoms with Crippen molar-refractivity contribution in [3.63, 3.8) is 0 Å². The molecule has 1 atom stereocenters. The van der Waals surface area contributed by atoms with Gasteiger partial charge >= 0.3 is 0 Å². The Bertz CT molecular complexity index is 550. The van der Waals surface area contributed by atoms with Crippen LogP contribution in [0.1, 0.15) is 24.8 Å². The molecule has 0 amide bonds. The van der Waals surface area contributed by atoms with Crippen molar-refractivity contribution in [3.05, 3.63) is 29.8 Å². The van der Waals surface area contributed by atoms with Gasteiger partial charge in [0, 0.05) is 12.6 Å². The van der Waals surface area contributed by atoms with Crippen molar-refractivity contribution in [3.8, 4) is 0 Å². The standard InChI is InChI=1S/C14H20N2O2S/c17-19(18,11-13-7-3-9-15-13)16-10-4-6-12-5-1-2-8-14(12)16/h1-2,5,8,13,15H,3-4,6-7,9-11H2. The second-order valence-electron chi connectivity index (χ2n) is 5.38. The molecule has 1 aromatic carbocycles. The molecule has 0 saturated carbocycles. The van der Waals surface area contributed by atoms with Crippen LogP contribution < -0.4 is 9.62 Å². The highest BCUT2D eigenvalue weighted by molar-refractivity contribution is 7.92. The van der Waals surface area contributed by atoms with E-state index in [2.05, 4.69) is 5.32 Å². The van der Waals surface area contributed by atoms with Gasteiger partial charge in [0.05, 0.1) is 11.4 Å². The molecule has 104 valence electrons. The Morgan fingerprint density at radius 2 is 2.11 bits per heavy atom. The number of benzene rings is 1. The third-order valence-corrected chi connectivity index (χ3v) is 5.85. The summed E-state index contributed by atoms with van der Waals surface area (Å²) in [5.74, 6) is 0.224. The number of hydrogen-bond acceptors (Lipinski definition) is 3. The lowest BCUT2D eigenvalue weighted by Gasteiger charge is -2.31. The molecule has 4 nitrogen and oxygen atoms in total. The molecule has 1 unspecified atom stereocenters. The normalized spacial score (nSPS) is 23.4. The van der Waals surface area contributed by atoms with E-state index < -0.39 is 10.0 Å². The minimum atomic E-state index is -3.21. The summed E-state index contributed by atoms with van der Waals surface area (Å²) in [5.41, 5.74) is 2.03. The first-order chi connectivity index (χ1) is 9.17. The highest BCUT2D eigenvalue weighted by Crippen LogP contribution is 2.29. The topological polar surface area (TPSA) is 49.4 Å². The minimum absolute atomic E-state index is 0.124. The Labute approximate surface area is 114 Å². The van der Waals surface area contributed by atoms with Gasteiger partial charge in [-0.15, -0.1) is 0 Å². The van der Waals surface area contributed by atoms with Crippen molar-refractivity contribution in [1.82, 2.24) is 5.32 Å². The smallest absolute Gasteiger partial charge is 0.236 e. The van der Waals surface area contributed by atoms with Gasteiger partial charge in [0.15, 0.2) is 0 Å². The largest absolute Gasteiger partial charge is 0.313 e. The molecule has 0 aliphatic carbocycles. The zero-order valence-electron chi connectivity index (χ0n) is 11.0. The lowest BCUT2D eigenvalue weighted by molar-refractivity contribution is 0.568. The first-order valence-electron chi connectivity index (χ1n) is 6.98. The van der Waals surface area contributed by atoms with Crippen LogP contribution in [-0.2, 0) is 16.4 Å². The molecule has 0 radical (unpaired) electrons. The third kappa shape index (κ3) is 2.62. The molecule has 5 heteroatoms. The number of para-hydroxylation sites is 1. The molecule has 2 heterocycles. The van der Waals surface area contributed by atoms with Crippen molar-refractivity contribution >= 4 is 15.7 Å². The molecule has 19 heavy (non-hydrogen) atoms. The van der Waals surface area contributed by atoms with Crippen molar-refractivity contribution in [2.75, 3.05) is 23.1 Å². The fraction of sp³-hybridized carbons (Fsp3) is 0.571. The first kappa shape index (κ1) is 12.9. The number of nitrogens with zero attached hydrogens (tertiary/aromatic N) is 1. The van der Waals surface area contributed by atoms with Gasteiger partial charge in [-0.25, -0.2) is 8.42 Å². The maximum absolute atomic E-state index is 12.6. The summed E-state index contributed by atoms with van der Waals surface area (Å²) in [6.45, 7) is 1.56. The molecule has 3 rings (SSSR count). The predicted molar refractivity (Wildman–Crippen MR) is 76.9 cm³/mol. The van der Waals surface area contributed by atoms with Crippen LogP contribution in [0.2, 0.25) is 0 Å². The van der Waals surface area contributed by atoms with Crippen molar-refractivity contribution < 1.29 is 8.42 Å². The van der Waals surface area contributed by atoms with Gasteiger partial charge in [-0.3, -0.25) is 4.31 Å². The predicted octanol–water partition coefficient (Wildman–Crippen LogP) is 1.52. The molecule has 2 aliphatic rings. The molecule has 1 aromatic rings. The highest BCUT2D eigenvalue weighted by atomic mass is 32.2. The minimum Gasteiger partial charge on any atom is -0.313 e. The molecular formula is C14H20N2O2S. The summed E-state index contributed by atoms with van der Waals surface area (Å²) in [4.78, 5) is 0. The number of fused-ring (bicyclic) bond motifs is 1. The summed E-state index contributed by atoms with van der Waals surface area (Å²) >= 11 is 0. The Kier molecular flexibility index (Phi) is 3.50. The van der Waals surface area contributed by atoms with Gasteiger partial charge in [0.1, 0.15) is 0 Å². The fourth-order valence-corrected chi connectivity index (χ4v) is 4.89. The molecule has 0 aromatic heterocycles. The van der Waals surface area contributed by atoms with Crippen LogP contribution >= 0.6 is 0 Å². The van der Waals surface area contributed by atoms with Crippen LogP contribution in [-0.4, -0.2) is 33.3 Å². The molecule has 1 saturated heterocycles. The van der Waals surface area contributed by atoms with E-state index in [1.165, 1.54) is 0 Å². The van der Waals surface area contributed by atoms with Gasteiger partial charge in [-0.1, -0.05) is 18.2 Å². The number of aryl methyl sites for hydroxylation is 1. The number of rotatable bonds is 3. The van der Waals surface area contributed by atoms with Crippen LogP contribution in [0.3, 0.4) is 0 Å². The summed E-state index contributed by atoms with van der Waals surface area (Å²) in [5, 5.41) is 3.27. The van der Waals surface area contributed by atoms with Crippen LogP contribution in [0.15, 0.2) is 24.3 Å². The van der Waals surface area contributed by atoms with Gasteiger partial charge < -0.3 is 5.32 Å². The van der Waals surface area contributed by atoms with Crippen LogP contribution in [0.25, 0.3) is 0 Å². The second kappa shape index (κ2) is 5.13. The molecule has 1 N–H and O–H groups in total. The van der Waals surface area contributed by atoms with Gasteiger partial charge in [0.25, 0.3) is 0 Å². The van der Waals surface area contributed by atoms with E-state index in [0.717, 1.165) is 43.5 Å². The van der Waals surface area contributed by atoms with E-state index >= 15 is 0 Å². The Morgan fingerprint density at radius 1 is 1.26 bits per heavy atom. The summed E-state index contributed by atoms with van der Waals surface area (Å²) < 4.78 is 26.8. The van der Waals surface area contributed by atoms with E-state index in [4.69, 9.17) is 0 Å². The number of hydrogen-bond donors (Lipinski definition) is 1. The van der Waals surface area contributed by atoms with Crippen molar-refractivity contribution in [2.45, 2.75) is 31.7 Å². The molecule has 0 spiro atoms. The van der Waals surface area contributed by atoms with Crippen LogP contribution in [0.4, 0.5) is 5.69 Å². The number of nitrogens with one attached hydrogen (secondary N) is 1. The molecule has 1 fully saturated rings. The van der Waals surface area contributed by atoms with Crippen molar-refractivity contribution in [1.29, 1.82) is 0 Å². The first-order valence-corrected chi connectivity index (χ1v) is 8.59. The highest BCUT2D eigenvalue weighted by Gasteiger charge is 2.30. The maximum Gasteiger partial charge on any atom is 0.236 e. The number of anilines is 1. The molecule has 2 aliphatic heterocycles. The van der Waals surface area contributed by atoms with E-state index in [-0.39, 0.29) is 11.8 Å². The average molecular weight is 280 g/mol. The quantitative estimate of drug-likeness (QED) is 0.913. The maximum atomic E-state index is 12.6. The fourth-order valence-electron chi connectivity index (χ4n) is 3.03. The van der Waals surface area contributed by atoms with E-state index in [1.807, 2.05) is 24.3 Å². The Morgan fingerprint density at radius 3 is 2.89 bits per heavy atom. The van der Waals surface area contributed by atoms with E-state index in [0.29, 0.717) is 6.54 Å². The molecular weight excluding hydrogens is 260 g/mol. The zero-order chi connectivity index (χ0) is 13.3. The van der Waals surface area contributed by atoms with Crippen LogP contribution in [0, 0.1) is 0 Å². The van der Waals surface area contributed by atoms with Crippen molar-refractivity contribution in [2.24, 2.45) is 0 Å². The molecule has 0 bridgehead atoms. The van der Waals surface area contributed by atoms with Gasteiger partial charge in [0.2, 0.25) is 10.0 Å². The SMILES string of the molecule is O=S(=O)(CC1CCCN1)N1CCCc2ccccc21. The summed E-state index contributed by atoms with van der Waals surface area (Å²) in [6.07, 6.45) is 3.93. The van der Waals surface area contributed by atoms with Crippen LogP contribution in [0.5, 0.6) is 0 Å². The lowest BCUT2D eigenvalue weighted by Crippen LogP contribution is -2.42. The Hall–Kier alpha value is -1.07. The third-order valence-electron chi connectivity index (χ3n) is 3.98. The summed E-state index contributed by atoms with van der Waals surface area (Å²) in [7, 11) is -3.21. The van der Waals surface area contributed by atoms with Gasteiger partial charge in [-0.2, -0.15) is 0 Å². The average Bonchev–Trinajstić information content (AvgIpc) is 2.90. The second-order valence-corrected chi connectivity index (χ2v) is 7.31. The lowest BCUT2D eigenvalue weighted by atomic mass is 10.0. The summed E-state index contributed by atoms with van der Waals surface area (Å²) in [6, 6.07) is 7.98. The Balaban J connectivity index is 1.85. The zero-order valence-corrected chi connectivity index (χ0v) is 11.8. The van der Waals surface area contributed by atoms with E-state index in [1.54, 1.807) is 4.31 Å². The van der Waals surface area contributed by atoms with Gasteiger partial charge in [-0.05, 0) is 43.9 Å². The van der Waals surface area contributed by atoms with E-state index in [9.17, 15) is 8.42 Å².